The number of pyridine rings is 1. The van der Waals surface area contributed by atoms with Gasteiger partial charge in [0.05, 0.1) is 12.1 Å². The van der Waals surface area contributed by atoms with Gasteiger partial charge in [-0.2, -0.15) is 11.8 Å². The van der Waals surface area contributed by atoms with Crippen LogP contribution < -0.4 is 11.1 Å². The van der Waals surface area contributed by atoms with Crippen LogP contribution in [0.2, 0.25) is 0 Å². The van der Waals surface area contributed by atoms with E-state index in [0.717, 1.165) is 5.75 Å². The Morgan fingerprint density at radius 2 is 2.44 bits per heavy atom. The van der Waals surface area contributed by atoms with E-state index in [4.69, 9.17) is 5.73 Å². The van der Waals surface area contributed by atoms with Crippen molar-refractivity contribution < 1.29 is 4.79 Å². The van der Waals surface area contributed by atoms with E-state index in [2.05, 4.69) is 22.1 Å². The average Bonchev–Trinajstić information content (AvgIpc) is 2.36. The monoisotopic (exact) mass is 263 g/mol. The summed E-state index contributed by atoms with van der Waals surface area (Å²) in [6.07, 6.45) is 3.59. The Morgan fingerprint density at radius 1 is 1.67 bits per heavy atom. The largest absolute Gasteiger partial charge is 0.347 e. The first-order valence-corrected chi connectivity index (χ1v) is 7.02. The fraction of sp³-hybridized carbons (Fsp3) is 0.385. The number of hydrogen-bond acceptors (Lipinski definition) is 4. The van der Waals surface area contributed by atoms with Crippen LogP contribution in [0, 0.1) is 11.8 Å². The van der Waals surface area contributed by atoms with E-state index in [1.807, 2.05) is 13.2 Å². The van der Waals surface area contributed by atoms with E-state index in [-0.39, 0.29) is 18.5 Å². The van der Waals surface area contributed by atoms with Gasteiger partial charge in [0.25, 0.3) is 5.91 Å². The molecule has 0 saturated carbocycles. The standard InChI is InChI=1S/C13H17N3OS/c1-10(9-18-2)16-13(17)12-11(5-3-7-14)6-4-8-15-12/h4,6,8,10H,7,9,14H2,1-2H3,(H,16,17). The highest BCUT2D eigenvalue weighted by Gasteiger charge is 2.13. The van der Waals surface area contributed by atoms with Crippen LogP contribution in [0.5, 0.6) is 0 Å². The molecule has 96 valence electrons. The minimum Gasteiger partial charge on any atom is -0.347 e. The Hall–Kier alpha value is -1.51. The molecule has 0 aliphatic carbocycles. The van der Waals surface area contributed by atoms with Gasteiger partial charge in [-0.3, -0.25) is 4.79 Å². The first-order valence-electron chi connectivity index (χ1n) is 5.62. The molecule has 1 heterocycles. The zero-order valence-electron chi connectivity index (χ0n) is 10.6. The van der Waals surface area contributed by atoms with Crippen LogP contribution in [0.4, 0.5) is 0 Å². The summed E-state index contributed by atoms with van der Waals surface area (Å²) in [6.45, 7) is 2.22. The number of thioether (sulfide) groups is 1. The number of carbonyl (C=O) groups is 1. The Balaban J connectivity index is 2.85. The van der Waals surface area contributed by atoms with Crippen LogP contribution in [-0.4, -0.2) is 35.5 Å². The van der Waals surface area contributed by atoms with Crippen LogP contribution in [0.25, 0.3) is 0 Å². The Morgan fingerprint density at radius 3 is 3.11 bits per heavy atom. The number of carbonyl (C=O) groups excluding carboxylic acids is 1. The third-order valence-electron chi connectivity index (χ3n) is 2.14. The van der Waals surface area contributed by atoms with Crippen LogP contribution in [-0.2, 0) is 0 Å². The number of nitrogens with zero attached hydrogens (tertiary/aromatic N) is 1. The molecule has 0 saturated heterocycles. The lowest BCUT2D eigenvalue weighted by atomic mass is 10.2. The molecule has 0 fully saturated rings. The van der Waals surface area contributed by atoms with Crippen molar-refractivity contribution in [1.82, 2.24) is 10.3 Å². The lowest BCUT2D eigenvalue weighted by molar-refractivity contribution is 0.0938. The fourth-order valence-corrected chi connectivity index (χ4v) is 2.00. The molecule has 1 unspecified atom stereocenters. The van der Waals surface area contributed by atoms with E-state index >= 15 is 0 Å². The summed E-state index contributed by atoms with van der Waals surface area (Å²) in [5.74, 6) is 6.26. The number of nitrogens with one attached hydrogen (secondary N) is 1. The summed E-state index contributed by atoms with van der Waals surface area (Å²) in [7, 11) is 0. The maximum absolute atomic E-state index is 12.0. The van der Waals surface area contributed by atoms with Crippen molar-refractivity contribution in [2.24, 2.45) is 5.73 Å². The molecule has 5 heteroatoms. The molecule has 0 aliphatic heterocycles. The molecule has 1 aromatic rings. The van der Waals surface area contributed by atoms with Gasteiger partial charge in [-0.15, -0.1) is 0 Å². The van der Waals surface area contributed by atoms with Crippen LogP contribution in [0.15, 0.2) is 18.3 Å². The maximum atomic E-state index is 12.0. The molecule has 0 aliphatic rings. The first-order chi connectivity index (χ1) is 8.69. The van der Waals surface area contributed by atoms with Crippen molar-refractivity contribution in [3.63, 3.8) is 0 Å². The predicted octanol–water partition coefficient (Wildman–Crippen LogP) is 0.873. The van der Waals surface area contributed by atoms with Crippen molar-refractivity contribution in [1.29, 1.82) is 0 Å². The van der Waals surface area contributed by atoms with Crippen LogP contribution in [0.1, 0.15) is 23.0 Å². The highest BCUT2D eigenvalue weighted by molar-refractivity contribution is 7.98. The van der Waals surface area contributed by atoms with E-state index < -0.39 is 0 Å². The molecule has 0 aromatic carbocycles. The number of aromatic nitrogens is 1. The summed E-state index contributed by atoms with van der Waals surface area (Å²) in [6, 6.07) is 3.62. The molecule has 0 spiro atoms. The lowest BCUT2D eigenvalue weighted by Crippen LogP contribution is -2.35. The smallest absolute Gasteiger partial charge is 0.271 e. The minimum atomic E-state index is -0.196. The predicted molar refractivity (Wildman–Crippen MR) is 75.5 cm³/mol. The highest BCUT2D eigenvalue weighted by atomic mass is 32.2. The fourth-order valence-electron chi connectivity index (χ4n) is 1.42. The molecule has 3 N–H and O–H groups in total. The van der Waals surface area contributed by atoms with Crippen molar-refractivity contribution in [3.05, 3.63) is 29.6 Å². The normalized spacial score (nSPS) is 11.3. The topological polar surface area (TPSA) is 68.0 Å². The summed E-state index contributed by atoms with van der Waals surface area (Å²) in [5, 5.41) is 2.89. The number of amides is 1. The molecular weight excluding hydrogens is 246 g/mol. The van der Waals surface area contributed by atoms with E-state index in [1.54, 1.807) is 30.1 Å². The van der Waals surface area contributed by atoms with Gasteiger partial charge >= 0.3 is 0 Å². The van der Waals surface area contributed by atoms with Crippen LogP contribution >= 0.6 is 11.8 Å². The van der Waals surface area contributed by atoms with Gasteiger partial charge in [0.15, 0.2) is 0 Å². The number of rotatable bonds is 4. The SMILES string of the molecule is CSCC(C)NC(=O)c1ncccc1C#CCN. The van der Waals surface area contributed by atoms with Crippen LogP contribution in [0.3, 0.4) is 0 Å². The molecule has 0 radical (unpaired) electrons. The zero-order chi connectivity index (χ0) is 13.4. The Bertz CT molecular complexity index is 465. The lowest BCUT2D eigenvalue weighted by Gasteiger charge is -2.12. The zero-order valence-corrected chi connectivity index (χ0v) is 11.4. The summed E-state index contributed by atoms with van der Waals surface area (Å²) in [5.41, 5.74) is 6.29. The Kier molecular flexibility index (Phi) is 6.26. The van der Waals surface area contributed by atoms with Gasteiger partial charge in [-0.1, -0.05) is 11.8 Å². The van der Waals surface area contributed by atoms with Gasteiger partial charge in [0.1, 0.15) is 5.69 Å². The number of hydrogen-bond donors (Lipinski definition) is 2. The van der Waals surface area contributed by atoms with Gasteiger partial charge in [0.2, 0.25) is 0 Å². The summed E-state index contributed by atoms with van der Waals surface area (Å²) in [4.78, 5) is 16.1. The molecule has 4 nitrogen and oxygen atoms in total. The molecule has 1 atom stereocenters. The van der Waals surface area contributed by atoms with E-state index in [0.29, 0.717) is 11.3 Å². The van der Waals surface area contributed by atoms with E-state index in [9.17, 15) is 4.79 Å². The van der Waals surface area contributed by atoms with Crippen molar-refractivity contribution in [3.8, 4) is 11.8 Å². The summed E-state index contributed by atoms with van der Waals surface area (Å²) >= 11 is 1.69. The minimum absolute atomic E-state index is 0.102. The second kappa shape index (κ2) is 7.75. The van der Waals surface area contributed by atoms with Crippen molar-refractivity contribution in [2.75, 3.05) is 18.6 Å². The van der Waals surface area contributed by atoms with E-state index in [1.165, 1.54) is 0 Å². The third-order valence-corrected chi connectivity index (χ3v) is 2.98. The second-order valence-corrected chi connectivity index (χ2v) is 4.65. The molecule has 0 bridgehead atoms. The van der Waals surface area contributed by atoms with Gasteiger partial charge in [-0.05, 0) is 25.3 Å². The maximum Gasteiger partial charge on any atom is 0.271 e. The third kappa shape index (κ3) is 4.40. The molecule has 18 heavy (non-hydrogen) atoms. The molecular formula is C13H17N3OS. The first kappa shape index (κ1) is 14.6. The molecule has 1 amide bonds. The second-order valence-electron chi connectivity index (χ2n) is 3.74. The Labute approximate surface area is 112 Å². The van der Waals surface area contributed by atoms with Gasteiger partial charge in [-0.25, -0.2) is 4.98 Å². The summed E-state index contributed by atoms with van der Waals surface area (Å²) < 4.78 is 0. The molecule has 1 rings (SSSR count). The van der Waals surface area contributed by atoms with Crippen molar-refractivity contribution in [2.45, 2.75) is 13.0 Å². The average molecular weight is 263 g/mol. The highest BCUT2D eigenvalue weighted by Crippen LogP contribution is 2.05. The van der Waals surface area contributed by atoms with Gasteiger partial charge < -0.3 is 11.1 Å². The number of nitrogens with two attached hydrogens (primary N) is 1. The van der Waals surface area contributed by atoms with Crippen molar-refractivity contribution >= 4 is 17.7 Å². The van der Waals surface area contributed by atoms with Gasteiger partial charge in [0, 0.05) is 18.0 Å². The quantitative estimate of drug-likeness (QED) is 0.791. The molecule has 1 aromatic heterocycles.